The molecule has 1 amide bonds. The van der Waals surface area contributed by atoms with Gasteiger partial charge in [-0.15, -0.1) is 0 Å². The second kappa shape index (κ2) is 8.25. The lowest BCUT2D eigenvalue weighted by Gasteiger charge is -2.04. The lowest BCUT2D eigenvalue weighted by atomic mass is 10.1. The number of halogens is 1. The highest BCUT2D eigenvalue weighted by molar-refractivity contribution is 6.30. The van der Waals surface area contributed by atoms with Crippen LogP contribution in [0.1, 0.15) is 11.1 Å². The summed E-state index contributed by atoms with van der Waals surface area (Å²) < 4.78 is 5.23. The van der Waals surface area contributed by atoms with Gasteiger partial charge in [-0.25, -0.2) is 0 Å². The fourth-order valence-electron chi connectivity index (χ4n) is 2.05. The van der Waals surface area contributed by atoms with Crippen LogP contribution in [0.25, 0.3) is 6.08 Å². The number of hydrogen-bond acceptors (Lipinski definition) is 2. The Hall–Kier alpha value is -2.26. The number of carbonyl (C=O) groups excluding carboxylic acids is 1. The minimum atomic E-state index is -0.132. The molecular formula is C18H18ClNO2. The second-order valence-electron chi connectivity index (χ2n) is 4.75. The second-order valence-corrected chi connectivity index (χ2v) is 5.18. The molecule has 2 rings (SSSR count). The SMILES string of the molecule is COc1ccccc1/C=C/C(=O)NCCc1cccc(Cl)c1. The molecule has 1 N–H and O–H groups in total. The van der Waals surface area contributed by atoms with Crippen molar-refractivity contribution >= 4 is 23.6 Å². The van der Waals surface area contributed by atoms with Crippen LogP contribution in [0.3, 0.4) is 0 Å². The molecule has 0 aromatic heterocycles. The first-order valence-corrected chi connectivity index (χ1v) is 7.40. The van der Waals surface area contributed by atoms with E-state index in [1.165, 1.54) is 6.08 Å². The number of benzene rings is 2. The maximum Gasteiger partial charge on any atom is 0.244 e. The Morgan fingerprint density at radius 2 is 2.05 bits per heavy atom. The predicted octanol–water partition coefficient (Wildman–Crippen LogP) is 3.72. The van der Waals surface area contributed by atoms with Crippen molar-refractivity contribution in [2.24, 2.45) is 0 Å². The number of hydrogen-bond donors (Lipinski definition) is 1. The molecule has 0 bridgehead atoms. The van der Waals surface area contributed by atoms with Gasteiger partial charge in [-0.05, 0) is 36.3 Å². The number of methoxy groups -OCH3 is 1. The summed E-state index contributed by atoms with van der Waals surface area (Å²) in [5.41, 5.74) is 1.97. The van der Waals surface area contributed by atoms with Gasteiger partial charge in [0, 0.05) is 23.2 Å². The molecule has 0 saturated carbocycles. The van der Waals surface area contributed by atoms with Gasteiger partial charge in [-0.1, -0.05) is 41.9 Å². The fraction of sp³-hybridized carbons (Fsp3) is 0.167. The monoisotopic (exact) mass is 315 g/mol. The van der Waals surface area contributed by atoms with Crippen LogP contribution in [0.15, 0.2) is 54.6 Å². The van der Waals surface area contributed by atoms with Crippen molar-refractivity contribution in [2.45, 2.75) is 6.42 Å². The Kier molecular flexibility index (Phi) is 6.04. The molecule has 0 aliphatic rings. The summed E-state index contributed by atoms with van der Waals surface area (Å²) in [4.78, 5) is 11.8. The third-order valence-electron chi connectivity index (χ3n) is 3.16. The van der Waals surface area contributed by atoms with Crippen LogP contribution in [-0.4, -0.2) is 19.6 Å². The summed E-state index contributed by atoms with van der Waals surface area (Å²) in [6.45, 7) is 0.565. The largest absolute Gasteiger partial charge is 0.496 e. The van der Waals surface area contributed by atoms with Crippen molar-refractivity contribution in [3.8, 4) is 5.75 Å². The first-order chi connectivity index (χ1) is 10.7. The average Bonchev–Trinajstić information content (AvgIpc) is 2.53. The number of amides is 1. The molecule has 0 aliphatic heterocycles. The van der Waals surface area contributed by atoms with Crippen LogP contribution in [0.2, 0.25) is 5.02 Å². The van der Waals surface area contributed by atoms with Crippen LogP contribution in [0.5, 0.6) is 5.75 Å². The number of rotatable bonds is 6. The van der Waals surface area contributed by atoms with E-state index in [4.69, 9.17) is 16.3 Å². The van der Waals surface area contributed by atoms with Crippen molar-refractivity contribution in [2.75, 3.05) is 13.7 Å². The molecule has 2 aromatic rings. The molecule has 3 nitrogen and oxygen atoms in total. The fourth-order valence-corrected chi connectivity index (χ4v) is 2.26. The van der Waals surface area contributed by atoms with Crippen molar-refractivity contribution in [3.05, 3.63) is 70.8 Å². The number of ether oxygens (including phenoxy) is 1. The third kappa shape index (κ3) is 4.93. The van der Waals surface area contributed by atoms with E-state index >= 15 is 0 Å². The van der Waals surface area contributed by atoms with E-state index in [1.54, 1.807) is 13.2 Å². The van der Waals surface area contributed by atoms with Crippen molar-refractivity contribution in [1.29, 1.82) is 0 Å². The maximum absolute atomic E-state index is 11.8. The van der Waals surface area contributed by atoms with Gasteiger partial charge in [-0.2, -0.15) is 0 Å². The van der Waals surface area contributed by atoms with Gasteiger partial charge in [0.1, 0.15) is 5.75 Å². The van der Waals surface area contributed by atoms with E-state index in [0.717, 1.165) is 23.3 Å². The zero-order valence-electron chi connectivity index (χ0n) is 12.4. The minimum Gasteiger partial charge on any atom is -0.496 e. The van der Waals surface area contributed by atoms with Crippen molar-refractivity contribution in [3.63, 3.8) is 0 Å². The van der Waals surface area contributed by atoms with E-state index < -0.39 is 0 Å². The zero-order chi connectivity index (χ0) is 15.8. The van der Waals surface area contributed by atoms with E-state index in [9.17, 15) is 4.79 Å². The summed E-state index contributed by atoms with van der Waals surface area (Å²) in [6.07, 6.45) is 4.00. The smallest absolute Gasteiger partial charge is 0.244 e. The first-order valence-electron chi connectivity index (χ1n) is 7.02. The van der Waals surface area contributed by atoms with Crippen LogP contribution in [-0.2, 0) is 11.2 Å². The van der Waals surface area contributed by atoms with Gasteiger partial charge in [0.25, 0.3) is 0 Å². The number of nitrogens with one attached hydrogen (secondary N) is 1. The van der Waals surface area contributed by atoms with E-state index in [2.05, 4.69) is 5.32 Å². The molecule has 0 spiro atoms. The summed E-state index contributed by atoms with van der Waals surface area (Å²) >= 11 is 5.92. The highest BCUT2D eigenvalue weighted by Gasteiger charge is 2.00. The van der Waals surface area contributed by atoms with E-state index in [1.807, 2.05) is 48.5 Å². The predicted molar refractivity (Wildman–Crippen MR) is 90.2 cm³/mol. The quantitative estimate of drug-likeness (QED) is 0.825. The lowest BCUT2D eigenvalue weighted by molar-refractivity contribution is -0.116. The molecule has 0 heterocycles. The van der Waals surface area contributed by atoms with Crippen LogP contribution in [0.4, 0.5) is 0 Å². The summed E-state index contributed by atoms with van der Waals surface area (Å²) in [5.74, 6) is 0.610. The van der Waals surface area contributed by atoms with E-state index in [-0.39, 0.29) is 5.91 Å². The molecule has 0 radical (unpaired) electrons. The number of carbonyl (C=O) groups is 1. The van der Waals surface area contributed by atoms with Crippen LogP contribution in [0, 0.1) is 0 Å². The normalized spacial score (nSPS) is 10.6. The lowest BCUT2D eigenvalue weighted by Crippen LogP contribution is -2.23. The average molecular weight is 316 g/mol. The zero-order valence-corrected chi connectivity index (χ0v) is 13.1. The van der Waals surface area contributed by atoms with Crippen molar-refractivity contribution < 1.29 is 9.53 Å². The Morgan fingerprint density at radius 1 is 1.23 bits per heavy atom. The Labute approximate surface area is 135 Å². The first kappa shape index (κ1) is 16.1. The van der Waals surface area contributed by atoms with Gasteiger partial charge < -0.3 is 10.1 Å². The van der Waals surface area contributed by atoms with Crippen LogP contribution >= 0.6 is 11.6 Å². The molecule has 0 fully saturated rings. The summed E-state index contributed by atoms with van der Waals surface area (Å²) in [6, 6.07) is 15.2. The van der Waals surface area contributed by atoms with Crippen molar-refractivity contribution in [1.82, 2.24) is 5.32 Å². The topological polar surface area (TPSA) is 38.3 Å². The molecule has 0 unspecified atom stereocenters. The highest BCUT2D eigenvalue weighted by atomic mass is 35.5. The Morgan fingerprint density at radius 3 is 2.82 bits per heavy atom. The molecule has 22 heavy (non-hydrogen) atoms. The molecule has 0 atom stereocenters. The van der Waals surface area contributed by atoms with Crippen LogP contribution < -0.4 is 10.1 Å². The van der Waals surface area contributed by atoms with Gasteiger partial charge in [0.2, 0.25) is 5.91 Å². The van der Waals surface area contributed by atoms with E-state index in [0.29, 0.717) is 11.6 Å². The standard InChI is InChI=1S/C18H18ClNO2/c1-22-17-8-3-2-6-15(17)9-10-18(21)20-12-11-14-5-4-7-16(19)13-14/h2-10,13H,11-12H2,1H3,(H,20,21)/b10-9+. The molecule has 0 aliphatic carbocycles. The highest BCUT2D eigenvalue weighted by Crippen LogP contribution is 2.18. The molecule has 114 valence electrons. The Bertz CT molecular complexity index is 668. The molecule has 0 saturated heterocycles. The maximum atomic E-state index is 11.8. The third-order valence-corrected chi connectivity index (χ3v) is 3.39. The molecule has 2 aromatic carbocycles. The van der Waals surface area contributed by atoms with Gasteiger partial charge in [-0.3, -0.25) is 4.79 Å². The number of para-hydroxylation sites is 1. The summed E-state index contributed by atoms with van der Waals surface area (Å²) in [7, 11) is 1.61. The minimum absolute atomic E-state index is 0.132. The molecular weight excluding hydrogens is 298 g/mol. The summed E-state index contributed by atoms with van der Waals surface area (Å²) in [5, 5.41) is 3.56. The Balaban J connectivity index is 1.84. The van der Waals surface area contributed by atoms with Gasteiger partial charge in [0.05, 0.1) is 7.11 Å². The van der Waals surface area contributed by atoms with Gasteiger partial charge in [0.15, 0.2) is 0 Å². The van der Waals surface area contributed by atoms with Gasteiger partial charge >= 0.3 is 0 Å². The molecule has 4 heteroatoms.